The van der Waals surface area contributed by atoms with Crippen LogP contribution in [0.25, 0.3) is 0 Å². The predicted molar refractivity (Wildman–Crippen MR) is 73.5 cm³/mol. The molecular formula is C14H28N2O2. The molecule has 2 atom stereocenters. The minimum absolute atomic E-state index is 0.113. The summed E-state index contributed by atoms with van der Waals surface area (Å²) in [5, 5.41) is 6.35. The molecule has 1 amide bonds. The fourth-order valence-electron chi connectivity index (χ4n) is 2.46. The number of carbonyl (C=O) groups excluding carboxylic acids is 1. The Kier molecular flexibility index (Phi) is 8.01. The first-order valence-corrected chi connectivity index (χ1v) is 7.21. The van der Waals surface area contributed by atoms with Crippen molar-refractivity contribution in [3.05, 3.63) is 0 Å². The minimum Gasteiger partial charge on any atom is -0.383 e. The Hall–Kier alpha value is -0.610. The molecule has 4 heteroatoms. The fourth-order valence-corrected chi connectivity index (χ4v) is 2.46. The van der Waals surface area contributed by atoms with Gasteiger partial charge in [0.1, 0.15) is 0 Å². The number of ether oxygens (including phenoxy) is 1. The zero-order chi connectivity index (χ0) is 13.2. The normalized spacial score (nSPS) is 24.6. The topological polar surface area (TPSA) is 50.4 Å². The molecule has 18 heavy (non-hydrogen) atoms. The highest BCUT2D eigenvalue weighted by Crippen LogP contribution is 2.22. The summed E-state index contributed by atoms with van der Waals surface area (Å²) in [4.78, 5) is 11.5. The fraction of sp³-hybridized carbons (Fsp3) is 0.929. The van der Waals surface area contributed by atoms with Gasteiger partial charge in [0, 0.05) is 32.7 Å². The number of amides is 1. The summed E-state index contributed by atoms with van der Waals surface area (Å²) in [5.41, 5.74) is 0. The van der Waals surface area contributed by atoms with Crippen molar-refractivity contribution in [1.82, 2.24) is 10.6 Å². The van der Waals surface area contributed by atoms with Gasteiger partial charge in [-0.25, -0.2) is 0 Å². The SMILES string of the molecule is COCCNC(=O)CCNC1CCCC(C)CC1. The average Bonchev–Trinajstić information content (AvgIpc) is 2.55. The lowest BCUT2D eigenvalue weighted by atomic mass is 10.0. The van der Waals surface area contributed by atoms with Gasteiger partial charge in [0.05, 0.1) is 6.61 Å². The van der Waals surface area contributed by atoms with E-state index in [0.29, 0.717) is 25.6 Å². The molecule has 0 heterocycles. The second-order valence-corrected chi connectivity index (χ2v) is 5.36. The van der Waals surface area contributed by atoms with Gasteiger partial charge in [-0.2, -0.15) is 0 Å². The van der Waals surface area contributed by atoms with E-state index in [9.17, 15) is 4.79 Å². The van der Waals surface area contributed by atoms with Crippen molar-refractivity contribution in [1.29, 1.82) is 0 Å². The first kappa shape index (κ1) is 15.4. The van der Waals surface area contributed by atoms with Gasteiger partial charge in [0.25, 0.3) is 0 Å². The summed E-state index contributed by atoms with van der Waals surface area (Å²) in [6, 6.07) is 0.613. The zero-order valence-corrected chi connectivity index (χ0v) is 11.8. The second kappa shape index (κ2) is 9.34. The molecule has 1 aliphatic carbocycles. The lowest BCUT2D eigenvalue weighted by Gasteiger charge is -2.16. The molecule has 0 aliphatic heterocycles. The summed E-state index contributed by atoms with van der Waals surface area (Å²) < 4.78 is 4.89. The summed E-state index contributed by atoms with van der Waals surface area (Å²) in [5.74, 6) is 0.982. The first-order valence-electron chi connectivity index (χ1n) is 7.21. The molecule has 0 spiro atoms. The van der Waals surface area contributed by atoms with Crippen molar-refractivity contribution in [2.24, 2.45) is 5.92 Å². The molecule has 0 saturated heterocycles. The highest BCUT2D eigenvalue weighted by Gasteiger charge is 2.15. The second-order valence-electron chi connectivity index (χ2n) is 5.36. The van der Waals surface area contributed by atoms with Crippen LogP contribution in [0.2, 0.25) is 0 Å². The Labute approximate surface area is 111 Å². The van der Waals surface area contributed by atoms with E-state index in [1.54, 1.807) is 7.11 Å². The van der Waals surface area contributed by atoms with Gasteiger partial charge in [0.2, 0.25) is 5.91 Å². The Bertz CT molecular complexity index is 234. The van der Waals surface area contributed by atoms with Crippen LogP contribution in [0.5, 0.6) is 0 Å². The van der Waals surface area contributed by atoms with E-state index in [4.69, 9.17) is 4.74 Å². The Morgan fingerprint density at radius 2 is 2.06 bits per heavy atom. The van der Waals surface area contributed by atoms with Crippen LogP contribution in [0, 0.1) is 5.92 Å². The maximum atomic E-state index is 11.5. The van der Waals surface area contributed by atoms with E-state index < -0.39 is 0 Å². The van der Waals surface area contributed by atoms with Gasteiger partial charge in [-0.05, 0) is 25.2 Å². The Morgan fingerprint density at radius 3 is 2.83 bits per heavy atom. The Morgan fingerprint density at radius 1 is 1.22 bits per heavy atom. The molecule has 1 aliphatic rings. The molecule has 0 aromatic heterocycles. The van der Waals surface area contributed by atoms with Crippen molar-refractivity contribution < 1.29 is 9.53 Å². The number of rotatable bonds is 7. The molecule has 106 valence electrons. The third-order valence-corrected chi connectivity index (χ3v) is 3.67. The maximum absolute atomic E-state index is 11.5. The van der Waals surface area contributed by atoms with Crippen LogP contribution in [0.1, 0.15) is 45.4 Å². The monoisotopic (exact) mass is 256 g/mol. The first-order chi connectivity index (χ1) is 8.72. The number of hydrogen-bond donors (Lipinski definition) is 2. The summed E-state index contributed by atoms with van der Waals surface area (Å²) in [6.45, 7) is 4.32. The van der Waals surface area contributed by atoms with Crippen LogP contribution < -0.4 is 10.6 Å². The van der Waals surface area contributed by atoms with E-state index in [-0.39, 0.29) is 5.91 Å². The summed E-state index contributed by atoms with van der Waals surface area (Å²) in [7, 11) is 1.64. The molecule has 1 saturated carbocycles. The predicted octanol–water partition coefficient (Wildman–Crippen LogP) is 1.70. The van der Waals surface area contributed by atoms with Crippen molar-refractivity contribution >= 4 is 5.91 Å². The molecule has 1 fully saturated rings. The van der Waals surface area contributed by atoms with Gasteiger partial charge in [-0.3, -0.25) is 4.79 Å². The van der Waals surface area contributed by atoms with Gasteiger partial charge in [-0.15, -0.1) is 0 Å². The molecule has 1 rings (SSSR count). The smallest absolute Gasteiger partial charge is 0.221 e. The zero-order valence-electron chi connectivity index (χ0n) is 11.8. The van der Waals surface area contributed by atoms with Gasteiger partial charge < -0.3 is 15.4 Å². The third kappa shape index (κ3) is 6.97. The highest BCUT2D eigenvalue weighted by atomic mass is 16.5. The minimum atomic E-state index is 0.113. The van der Waals surface area contributed by atoms with Gasteiger partial charge in [0.15, 0.2) is 0 Å². The van der Waals surface area contributed by atoms with Crippen molar-refractivity contribution in [3.63, 3.8) is 0 Å². The largest absolute Gasteiger partial charge is 0.383 e. The molecule has 0 radical (unpaired) electrons. The third-order valence-electron chi connectivity index (χ3n) is 3.67. The van der Waals surface area contributed by atoms with Crippen molar-refractivity contribution in [3.8, 4) is 0 Å². The molecule has 0 bridgehead atoms. The van der Waals surface area contributed by atoms with Crippen LogP contribution in [-0.4, -0.2) is 38.8 Å². The molecule has 0 aromatic carbocycles. The summed E-state index contributed by atoms with van der Waals surface area (Å²) in [6.07, 6.45) is 7.07. The highest BCUT2D eigenvalue weighted by molar-refractivity contribution is 5.76. The van der Waals surface area contributed by atoms with Gasteiger partial charge in [-0.1, -0.05) is 19.8 Å². The van der Waals surface area contributed by atoms with E-state index in [0.717, 1.165) is 12.5 Å². The summed E-state index contributed by atoms with van der Waals surface area (Å²) >= 11 is 0. The standard InChI is InChI=1S/C14H28N2O2/c1-12-4-3-5-13(7-6-12)15-9-8-14(17)16-10-11-18-2/h12-13,15H,3-11H2,1-2H3,(H,16,17). The van der Waals surface area contributed by atoms with Crippen LogP contribution >= 0.6 is 0 Å². The molecule has 2 N–H and O–H groups in total. The molecular weight excluding hydrogens is 228 g/mol. The van der Waals surface area contributed by atoms with Crippen LogP contribution in [0.3, 0.4) is 0 Å². The van der Waals surface area contributed by atoms with E-state index in [1.807, 2.05) is 0 Å². The lowest BCUT2D eigenvalue weighted by molar-refractivity contribution is -0.121. The Balaban J connectivity index is 2.04. The quantitative estimate of drug-likeness (QED) is 0.538. The van der Waals surface area contributed by atoms with Gasteiger partial charge >= 0.3 is 0 Å². The van der Waals surface area contributed by atoms with Crippen molar-refractivity contribution in [2.45, 2.75) is 51.5 Å². The van der Waals surface area contributed by atoms with E-state index in [1.165, 1.54) is 32.1 Å². The number of methoxy groups -OCH3 is 1. The van der Waals surface area contributed by atoms with Crippen LogP contribution in [-0.2, 0) is 9.53 Å². The van der Waals surface area contributed by atoms with Crippen molar-refractivity contribution in [2.75, 3.05) is 26.8 Å². The molecule has 0 aromatic rings. The molecule has 2 unspecified atom stereocenters. The van der Waals surface area contributed by atoms with Crippen LogP contribution in [0.4, 0.5) is 0 Å². The maximum Gasteiger partial charge on any atom is 0.221 e. The lowest BCUT2D eigenvalue weighted by Crippen LogP contribution is -2.34. The number of carbonyl (C=O) groups is 1. The average molecular weight is 256 g/mol. The van der Waals surface area contributed by atoms with E-state index >= 15 is 0 Å². The number of nitrogens with one attached hydrogen (secondary N) is 2. The van der Waals surface area contributed by atoms with Crippen LogP contribution in [0.15, 0.2) is 0 Å². The number of hydrogen-bond acceptors (Lipinski definition) is 3. The van der Waals surface area contributed by atoms with E-state index in [2.05, 4.69) is 17.6 Å². The molecule has 4 nitrogen and oxygen atoms in total.